The third-order valence-electron chi connectivity index (χ3n) is 3.90. The van der Waals surface area contributed by atoms with Crippen molar-refractivity contribution in [3.8, 4) is 0 Å². The summed E-state index contributed by atoms with van der Waals surface area (Å²) in [6, 6.07) is 14.2. The molecule has 1 heterocycles. The van der Waals surface area contributed by atoms with Gasteiger partial charge in [0.05, 0.1) is 21.6 Å². The summed E-state index contributed by atoms with van der Waals surface area (Å²) >= 11 is 1.54. The number of fused-ring (bicyclic) bond motifs is 1. The van der Waals surface area contributed by atoms with Crippen LogP contribution >= 0.6 is 11.3 Å². The number of esters is 1. The fourth-order valence-corrected chi connectivity index (χ4v) is 3.47. The topological polar surface area (TPSA) is 97.4 Å². The normalized spacial score (nSPS) is 10.5. The van der Waals surface area contributed by atoms with Gasteiger partial charge in [-0.3, -0.25) is 14.4 Å². The monoisotopic (exact) mass is 397 g/mol. The summed E-state index contributed by atoms with van der Waals surface area (Å²) in [6.45, 7) is -0.365. The van der Waals surface area contributed by atoms with Gasteiger partial charge in [0.15, 0.2) is 6.61 Å². The fraction of sp³-hybridized carbons (Fsp3) is 0.200. The highest BCUT2D eigenvalue weighted by Crippen LogP contribution is 2.22. The predicted molar refractivity (Wildman–Crippen MR) is 107 cm³/mol. The first-order valence-electron chi connectivity index (χ1n) is 8.67. The van der Waals surface area contributed by atoms with Crippen LogP contribution in [0.1, 0.15) is 21.8 Å². The molecule has 3 rings (SSSR count). The minimum Gasteiger partial charge on any atom is -0.456 e. The molecule has 0 aliphatic carbocycles. The number of rotatable bonds is 7. The molecule has 144 valence electrons. The molecule has 0 saturated carbocycles. The first-order valence-corrected chi connectivity index (χ1v) is 9.49. The molecule has 2 N–H and O–H groups in total. The third-order valence-corrected chi connectivity index (χ3v) is 5.00. The Hall–Kier alpha value is -3.26. The highest BCUT2D eigenvalue weighted by atomic mass is 32.1. The molecular weight excluding hydrogens is 378 g/mol. The van der Waals surface area contributed by atoms with Crippen molar-refractivity contribution in [3.63, 3.8) is 0 Å². The van der Waals surface area contributed by atoms with Crippen LogP contribution in [-0.2, 0) is 20.7 Å². The van der Waals surface area contributed by atoms with Crippen LogP contribution in [-0.4, -0.2) is 36.4 Å². The summed E-state index contributed by atoms with van der Waals surface area (Å²) in [5, 5.41) is 5.99. The van der Waals surface area contributed by atoms with Crippen LogP contribution in [0.3, 0.4) is 0 Å². The molecule has 0 saturated heterocycles. The SMILES string of the molecule is CNC(=O)c1ccc(NC(=O)COC(=O)CCc2nc3ccccc3s2)cc1. The van der Waals surface area contributed by atoms with Gasteiger partial charge < -0.3 is 15.4 Å². The van der Waals surface area contributed by atoms with Crippen LogP contribution in [0.25, 0.3) is 10.2 Å². The van der Waals surface area contributed by atoms with Gasteiger partial charge in [-0.05, 0) is 36.4 Å². The van der Waals surface area contributed by atoms with E-state index in [9.17, 15) is 14.4 Å². The minimum atomic E-state index is -0.454. The van der Waals surface area contributed by atoms with E-state index >= 15 is 0 Å². The van der Waals surface area contributed by atoms with Crippen molar-refractivity contribution in [3.05, 3.63) is 59.1 Å². The molecule has 1 aromatic heterocycles. The zero-order valence-electron chi connectivity index (χ0n) is 15.2. The second kappa shape index (κ2) is 9.09. The van der Waals surface area contributed by atoms with E-state index in [0.717, 1.165) is 15.2 Å². The van der Waals surface area contributed by atoms with Crippen LogP contribution in [0.4, 0.5) is 5.69 Å². The van der Waals surface area contributed by atoms with E-state index in [1.165, 1.54) is 0 Å². The highest BCUT2D eigenvalue weighted by molar-refractivity contribution is 7.18. The number of amides is 2. The van der Waals surface area contributed by atoms with E-state index in [1.807, 2.05) is 24.3 Å². The highest BCUT2D eigenvalue weighted by Gasteiger charge is 2.11. The molecule has 0 aliphatic heterocycles. The van der Waals surface area contributed by atoms with Gasteiger partial charge in [-0.15, -0.1) is 11.3 Å². The molecule has 7 nitrogen and oxygen atoms in total. The van der Waals surface area contributed by atoms with Gasteiger partial charge in [0.2, 0.25) is 0 Å². The number of hydrogen-bond donors (Lipinski definition) is 2. The smallest absolute Gasteiger partial charge is 0.306 e. The Bertz CT molecular complexity index is 965. The summed E-state index contributed by atoms with van der Waals surface area (Å²) in [5.41, 5.74) is 1.92. The molecule has 0 atom stereocenters. The molecule has 8 heteroatoms. The predicted octanol–water partition coefficient (Wildman–Crippen LogP) is 2.77. The van der Waals surface area contributed by atoms with E-state index in [2.05, 4.69) is 15.6 Å². The second-order valence-electron chi connectivity index (χ2n) is 5.94. The maximum Gasteiger partial charge on any atom is 0.306 e. The van der Waals surface area contributed by atoms with E-state index in [-0.39, 0.29) is 18.9 Å². The van der Waals surface area contributed by atoms with E-state index in [4.69, 9.17) is 4.74 Å². The number of ether oxygens (including phenoxy) is 1. The number of nitrogens with zero attached hydrogens (tertiary/aromatic N) is 1. The Labute approximate surface area is 165 Å². The van der Waals surface area contributed by atoms with Crippen LogP contribution in [0.5, 0.6) is 0 Å². The lowest BCUT2D eigenvalue weighted by Gasteiger charge is -2.07. The van der Waals surface area contributed by atoms with Crippen molar-refractivity contribution in [2.75, 3.05) is 19.0 Å². The summed E-state index contributed by atoms with van der Waals surface area (Å²) < 4.78 is 6.09. The molecule has 0 aliphatic rings. The van der Waals surface area contributed by atoms with Gasteiger partial charge in [0, 0.05) is 24.7 Å². The molecule has 3 aromatic rings. The lowest BCUT2D eigenvalue weighted by molar-refractivity contribution is -0.147. The van der Waals surface area contributed by atoms with Gasteiger partial charge >= 0.3 is 5.97 Å². The van der Waals surface area contributed by atoms with Gasteiger partial charge in [-0.25, -0.2) is 4.98 Å². The second-order valence-corrected chi connectivity index (χ2v) is 7.06. The lowest BCUT2D eigenvalue weighted by atomic mass is 10.2. The van der Waals surface area contributed by atoms with Crippen LogP contribution in [0.15, 0.2) is 48.5 Å². The van der Waals surface area contributed by atoms with Gasteiger partial charge in [-0.1, -0.05) is 12.1 Å². The Morgan fingerprint density at radius 1 is 1.07 bits per heavy atom. The summed E-state index contributed by atoms with van der Waals surface area (Å²) in [6.07, 6.45) is 0.634. The Balaban J connectivity index is 1.42. The van der Waals surface area contributed by atoms with Gasteiger partial charge in [0.25, 0.3) is 11.8 Å². The van der Waals surface area contributed by atoms with Crippen molar-refractivity contribution in [2.24, 2.45) is 0 Å². The quantitative estimate of drug-likeness (QED) is 0.598. The molecule has 0 fully saturated rings. The van der Waals surface area contributed by atoms with Crippen molar-refractivity contribution >= 4 is 45.0 Å². The van der Waals surface area contributed by atoms with E-state index < -0.39 is 11.9 Å². The number of nitrogens with one attached hydrogen (secondary N) is 2. The maximum atomic E-state index is 11.9. The standard InChI is InChI=1S/C20H19N3O4S/c1-21-20(26)13-6-8-14(9-7-13)22-17(24)12-27-19(25)11-10-18-23-15-4-2-3-5-16(15)28-18/h2-9H,10-12H2,1H3,(H,21,26)(H,22,24). The van der Waals surface area contributed by atoms with Crippen molar-refractivity contribution in [1.82, 2.24) is 10.3 Å². The average molecular weight is 397 g/mol. The average Bonchev–Trinajstić information content (AvgIpc) is 3.13. The van der Waals surface area contributed by atoms with Crippen LogP contribution in [0.2, 0.25) is 0 Å². The van der Waals surface area contributed by atoms with Crippen LogP contribution in [0, 0.1) is 0 Å². The van der Waals surface area contributed by atoms with Crippen molar-refractivity contribution in [1.29, 1.82) is 0 Å². The largest absolute Gasteiger partial charge is 0.456 e. The number of carbonyl (C=O) groups is 3. The van der Waals surface area contributed by atoms with E-state index in [0.29, 0.717) is 17.7 Å². The third kappa shape index (κ3) is 5.14. The zero-order chi connectivity index (χ0) is 19.9. The Morgan fingerprint density at radius 3 is 2.54 bits per heavy atom. The number of thiazole rings is 1. The first kappa shape index (κ1) is 19.5. The Morgan fingerprint density at radius 2 is 1.82 bits per heavy atom. The first-order chi connectivity index (χ1) is 13.5. The number of benzene rings is 2. The summed E-state index contributed by atoms with van der Waals surface area (Å²) in [7, 11) is 1.54. The van der Waals surface area contributed by atoms with Crippen LogP contribution < -0.4 is 10.6 Å². The summed E-state index contributed by atoms with van der Waals surface area (Å²) in [5.74, 6) is -1.11. The number of aromatic nitrogens is 1. The number of hydrogen-bond acceptors (Lipinski definition) is 6. The lowest BCUT2D eigenvalue weighted by Crippen LogP contribution is -2.21. The molecule has 28 heavy (non-hydrogen) atoms. The molecule has 2 aromatic carbocycles. The molecule has 0 spiro atoms. The number of para-hydroxylation sites is 1. The van der Waals surface area contributed by atoms with Crippen molar-refractivity contribution in [2.45, 2.75) is 12.8 Å². The zero-order valence-corrected chi connectivity index (χ0v) is 16.0. The number of aryl methyl sites for hydroxylation is 1. The molecule has 0 radical (unpaired) electrons. The molecule has 0 bridgehead atoms. The van der Waals surface area contributed by atoms with Gasteiger partial charge in [0.1, 0.15) is 0 Å². The molecule has 2 amide bonds. The molecule has 0 unspecified atom stereocenters. The number of anilines is 1. The minimum absolute atomic E-state index is 0.161. The summed E-state index contributed by atoms with van der Waals surface area (Å²) in [4.78, 5) is 39.7. The maximum absolute atomic E-state index is 11.9. The van der Waals surface area contributed by atoms with E-state index in [1.54, 1.807) is 42.6 Å². The Kier molecular flexibility index (Phi) is 6.33. The van der Waals surface area contributed by atoms with Crippen molar-refractivity contribution < 1.29 is 19.1 Å². The number of carbonyl (C=O) groups excluding carboxylic acids is 3. The van der Waals surface area contributed by atoms with Gasteiger partial charge in [-0.2, -0.15) is 0 Å². The fourth-order valence-electron chi connectivity index (χ4n) is 2.50. The molecular formula is C20H19N3O4S.